The topological polar surface area (TPSA) is 83.9 Å². The number of nitrogens with one attached hydrogen (secondary N) is 1. The number of anilines is 2. The Kier molecular flexibility index (Phi) is 6.97. The van der Waals surface area contributed by atoms with Crippen molar-refractivity contribution in [1.29, 1.82) is 0 Å². The lowest BCUT2D eigenvalue weighted by molar-refractivity contribution is 0.0734. The van der Waals surface area contributed by atoms with Crippen LogP contribution in [0.4, 0.5) is 11.4 Å². The Morgan fingerprint density at radius 2 is 1.65 bits per heavy atom. The van der Waals surface area contributed by atoms with E-state index in [-0.39, 0.29) is 23.3 Å². The molecule has 2 bridgehead atoms. The standard InChI is InChI=1S/C35H34N4O4/c1-43-29-12-9-25(10-13-29)34(41)36-30-18-26(35(42)37-16-15-24-5-2-3-6-27(24)21-37)11-14-32(30)38-19-23-17-28(22-38)31-7-4-8-33(40)39(31)20-23/h2-14,18,23,28H,15-17,19-22H2,1H3,(H,36,41). The van der Waals surface area contributed by atoms with E-state index in [0.29, 0.717) is 48.1 Å². The summed E-state index contributed by atoms with van der Waals surface area (Å²) in [5.41, 5.74) is 6.10. The van der Waals surface area contributed by atoms with Crippen molar-refractivity contribution >= 4 is 23.2 Å². The molecule has 0 saturated carbocycles. The highest BCUT2D eigenvalue weighted by Gasteiger charge is 2.35. The largest absolute Gasteiger partial charge is 0.497 e. The van der Waals surface area contributed by atoms with Crippen LogP contribution in [-0.4, -0.2) is 48.0 Å². The second-order valence-corrected chi connectivity index (χ2v) is 11.8. The van der Waals surface area contributed by atoms with Gasteiger partial charge in [0.15, 0.2) is 0 Å². The normalized spacial score (nSPS) is 18.8. The molecule has 3 aromatic carbocycles. The number of carbonyl (C=O) groups is 2. The number of hydrogen-bond donors (Lipinski definition) is 1. The third-order valence-corrected chi connectivity index (χ3v) is 9.08. The Bertz CT molecular complexity index is 1760. The van der Waals surface area contributed by atoms with Gasteiger partial charge in [0, 0.05) is 61.5 Å². The van der Waals surface area contributed by atoms with Gasteiger partial charge in [0.2, 0.25) is 0 Å². The van der Waals surface area contributed by atoms with Crippen LogP contribution in [0.25, 0.3) is 0 Å². The van der Waals surface area contributed by atoms with E-state index in [1.165, 1.54) is 11.1 Å². The molecule has 8 heteroatoms. The van der Waals surface area contributed by atoms with E-state index in [2.05, 4.69) is 28.4 Å². The number of piperidine rings is 1. The number of methoxy groups -OCH3 is 1. The van der Waals surface area contributed by atoms with Crippen LogP contribution in [0.5, 0.6) is 5.75 Å². The molecule has 0 aliphatic carbocycles. The van der Waals surface area contributed by atoms with Crippen LogP contribution >= 0.6 is 0 Å². The van der Waals surface area contributed by atoms with Crippen molar-refractivity contribution in [2.24, 2.45) is 5.92 Å². The highest BCUT2D eigenvalue weighted by atomic mass is 16.5. The number of hydrogen-bond acceptors (Lipinski definition) is 5. The molecule has 8 nitrogen and oxygen atoms in total. The Labute approximate surface area is 250 Å². The summed E-state index contributed by atoms with van der Waals surface area (Å²) >= 11 is 0. The van der Waals surface area contributed by atoms with Gasteiger partial charge in [-0.2, -0.15) is 0 Å². The highest BCUT2D eigenvalue weighted by molar-refractivity contribution is 6.07. The van der Waals surface area contributed by atoms with Crippen molar-refractivity contribution in [3.05, 3.63) is 123 Å². The second kappa shape index (κ2) is 11.1. The Balaban J connectivity index is 1.21. The van der Waals surface area contributed by atoms with E-state index >= 15 is 0 Å². The number of nitrogens with zero attached hydrogens (tertiary/aromatic N) is 3. The van der Waals surface area contributed by atoms with Crippen molar-refractivity contribution in [3.8, 4) is 5.75 Å². The lowest BCUT2D eigenvalue weighted by atomic mass is 9.83. The number of ether oxygens (including phenoxy) is 1. The van der Waals surface area contributed by atoms with Gasteiger partial charge in [-0.1, -0.05) is 30.3 Å². The zero-order valence-electron chi connectivity index (χ0n) is 24.2. The molecule has 1 saturated heterocycles. The molecule has 43 heavy (non-hydrogen) atoms. The minimum absolute atomic E-state index is 0.0511. The first-order valence-electron chi connectivity index (χ1n) is 14.9. The molecule has 2 unspecified atom stereocenters. The molecule has 1 fully saturated rings. The number of fused-ring (bicyclic) bond motifs is 5. The molecule has 218 valence electrons. The fourth-order valence-corrected chi connectivity index (χ4v) is 6.93. The molecule has 2 amide bonds. The van der Waals surface area contributed by atoms with E-state index in [0.717, 1.165) is 37.3 Å². The van der Waals surface area contributed by atoms with E-state index in [1.54, 1.807) is 37.4 Å². The Morgan fingerprint density at radius 1 is 0.860 bits per heavy atom. The second-order valence-electron chi connectivity index (χ2n) is 11.8. The van der Waals surface area contributed by atoms with Crippen LogP contribution < -0.4 is 20.5 Å². The number of pyridine rings is 1. The van der Waals surface area contributed by atoms with Gasteiger partial charge >= 0.3 is 0 Å². The van der Waals surface area contributed by atoms with Crippen molar-refractivity contribution in [2.45, 2.75) is 31.8 Å². The summed E-state index contributed by atoms with van der Waals surface area (Å²) < 4.78 is 7.17. The lowest BCUT2D eigenvalue weighted by Gasteiger charge is -2.44. The molecule has 7 rings (SSSR count). The first kappa shape index (κ1) is 27.0. The summed E-state index contributed by atoms with van der Waals surface area (Å²) in [5.74, 6) is 0.888. The first-order chi connectivity index (χ1) is 21.0. The van der Waals surface area contributed by atoms with Gasteiger partial charge < -0.3 is 24.4 Å². The summed E-state index contributed by atoms with van der Waals surface area (Å²) in [5, 5.41) is 3.12. The molecule has 2 atom stereocenters. The molecular weight excluding hydrogens is 540 g/mol. The minimum Gasteiger partial charge on any atom is -0.497 e. The number of benzene rings is 3. The van der Waals surface area contributed by atoms with Gasteiger partial charge in [-0.25, -0.2) is 0 Å². The van der Waals surface area contributed by atoms with E-state index in [4.69, 9.17) is 4.74 Å². The van der Waals surface area contributed by atoms with E-state index < -0.39 is 0 Å². The molecule has 4 heterocycles. The maximum absolute atomic E-state index is 13.8. The zero-order chi connectivity index (χ0) is 29.5. The summed E-state index contributed by atoms with van der Waals surface area (Å²) in [4.78, 5) is 44.0. The number of aromatic nitrogens is 1. The number of rotatable bonds is 5. The monoisotopic (exact) mass is 574 g/mol. The molecule has 1 N–H and O–H groups in total. The molecule has 3 aliphatic rings. The van der Waals surface area contributed by atoms with Crippen LogP contribution in [0, 0.1) is 5.92 Å². The van der Waals surface area contributed by atoms with Crippen molar-refractivity contribution in [3.63, 3.8) is 0 Å². The Morgan fingerprint density at radius 3 is 2.47 bits per heavy atom. The molecular formula is C35H34N4O4. The average molecular weight is 575 g/mol. The van der Waals surface area contributed by atoms with Gasteiger partial charge in [0.05, 0.1) is 18.5 Å². The summed E-state index contributed by atoms with van der Waals surface area (Å²) in [6.07, 6.45) is 1.85. The average Bonchev–Trinajstić information content (AvgIpc) is 3.04. The molecule has 0 spiro atoms. The quantitative estimate of drug-likeness (QED) is 0.366. The molecule has 4 aromatic rings. The fraction of sp³-hybridized carbons (Fsp3) is 0.286. The van der Waals surface area contributed by atoms with Crippen molar-refractivity contribution in [2.75, 3.05) is 37.0 Å². The van der Waals surface area contributed by atoms with Crippen LogP contribution in [0.3, 0.4) is 0 Å². The van der Waals surface area contributed by atoms with Gasteiger partial charge in [0.25, 0.3) is 17.4 Å². The molecule has 1 aromatic heterocycles. The summed E-state index contributed by atoms with van der Waals surface area (Å²) in [6.45, 7) is 3.39. The lowest BCUT2D eigenvalue weighted by Crippen LogP contribution is -2.47. The van der Waals surface area contributed by atoms with Gasteiger partial charge in [0.1, 0.15) is 5.75 Å². The number of amides is 2. The predicted octanol–water partition coefficient (Wildman–Crippen LogP) is 4.93. The van der Waals surface area contributed by atoms with Crippen LogP contribution in [0.1, 0.15) is 49.9 Å². The Hall–Kier alpha value is -4.85. The van der Waals surface area contributed by atoms with Gasteiger partial charge in [-0.15, -0.1) is 0 Å². The third-order valence-electron chi connectivity index (χ3n) is 9.08. The maximum Gasteiger partial charge on any atom is 0.255 e. The highest BCUT2D eigenvalue weighted by Crippen LogP contribution is 2.39. The van der Waals surface area contributed by atoms with Crippen molar-refractivity contribution in [1.82, 2.24) is 9.47 Å². The zero-order valence-corrected chi connectivity index (χ0v) is 24.2. The van der Waals surface area contributed by atoms with Crippen LogP contribution in [0.2, 0.25) is 0 Å². The van der Waals surface area contributed by atoms with Crippen LogP contribution in [0.15, 0.2) is 89.7 Å². The van der Waals surface area contributed by atoms with Crippen LogP contribution in [-0.2, 0) is 19.5 Å². The fourth-order valence-electron chi connectivity index (χ4n) is 6.93. The maximum atomic E-state index is 13.8. The SMILES string of the molecule is COc1ccc(C(=O)Nc2cc(C(=O)N3CCc4ccccc4C3)ccc2N2CC3CC(C2)c2cccc(=O)n2C3)cc1. The number of carbonyl (C=O) groups excluding carboxylic acids is 2. The summed E-state index contributed by atoms with van der Waals surface area (Å²) in [7, 11) is 1.59. The van der Waals surface area contributed by atoms with Gasteiger partial charge in [-0.3, -0.25) is 14.4 Å². The molecule has 0 radical (unpaired) electrons. The third kappa shape index (κ3) is 5.18. The van der Waals surface area contributed by atoms with E-state index in [9.17, 15) is 14.4 Å². The van der Waals surface area contributed by atoms with E-state index in [1.807, 2.05) is 45.9 Å². The smallest absolute Gasteiger partial charge is 0.255 e. The van der Waals surface area contributed by atoms with Crippen molar-refractivity contribution < 1.29 is 14.3 Å². The minimum atomic E-state index is -0.255. The van der Waals surface area contributed by atoms with Gasteiger partial charge in [-0.05, 0) is 78.4 Å². The molecule has 3 aliphatic heterocycles. The first-order valence-corrected chi connectivity index (χ1v) is 14.9. The summed E-state index contributed by atoms with van der Waals surface area (Å²) in [6, 6.07) is 26.4. The predicted molar refractivity (Wildman–Crippen MR) is 166 cm³/mol.